The van der Waals surface area contributed by atoms with E-state index in [-0.39, 0.29) is 5.91 Å². The fourth-order valence-electron chi connectivity index (χ4n) is 2.58. The summed E-state index contributed by atoms with van der Waals surface area (Å²) in [6.07, 6.45) is 3.84. The summed E-state index contributed by atoms with van der Waals surface area (Å²) < 4.78 is 0.997. The van der Waals surface area contributed by atoms with Crippen LogP contribution in [0.1, 0.15) is 28.9 Å². The number of aromatic nitrogens is 1. The number of likely N-dealkylation sites (tertiary alicyclic amines) is 1. The third-order valence-corrected chi connectivity index (χ3v) is 4.43. The summed E-state index contributed by atoms with van der Waals surface area (Å²) in [7, 11) is 0. The summed E-state index contributed by atoms with van der Waals surface area (Å²) in [5, 5.41) is 3.33. The topological polar surface area (TPSA) is 45.2 Å². The van der Waals surface area contributed by atoms with Crippen LogP contribution in [-0.2, 0) is 0 Å². The highest BCUT2D eigenvalue weighted by Crippen LogP contribution is 2.27. The molecule has 0 bridgehead atoms. The molecule has 0 unspecified atom stereocenters. The zero-order valence-electron chi connectivity index (χ0n) is 12.5. The highest BCUT2D eigenvalue weighted by Gasteiger charge is 2.20. The van der Waals surface area contributed by atoms with Crippen LogP contribution in [0.2, 0.25) is 0 Å². The van der Waals surface area contributed by atoms with Gasteiger partial charge in [0.1, 0.15) is 5.69 Å². The highest BCUT2D eigenvalue weighted by molar-refractivity contribution is 9.10. The van der Waals surface area contributed by atoms with Gasteiger partial charge in [0, 0.05) is 29.4 Å². The van der Waals surface area contributed by atoms with Gasteiger partial charge in [0.2, 0.25) is 0 Å². The van der Waals surface area contributed by atoms with Crippen LogP contribution >= 0.6 is 15.9 Å². The number of pyridine rings is 1. The van der Waals surface area contributed by atoms with Crippen LogP contribution in [0.15, 0.2) is 41.0 Å². The maximum Gasteiger partial charge on any atom is 0.272 e. The summed E-state index contributed by atoms with van der Waals surface area (Å²) in [6.45, 7) is 3.72. The van der Waals surface area contributed by atoms with Crippen LogP contribution in [0, 0.1) is 6.92 Å². The number of nitrogens with zero attached hydrogens (tertiary/aromatic N) is 2. The number of anilines is 2. The minimum atomic E-state index is 0.0177. The van der Waals surface area contributed by atoms with Gasteiger partial charge >= 0.3 is 0 Å². The second-order valence-electron chi connectivity index (χ2n) is 5.54. The van der Waals surface area contributed by atoms with E-state index in [0.717, 1.165) is 41.8 Å². The van der Waals surface area contributed by atoms with Crippen molar-refractivity contribution in [2.75, 3.05) is 18.4 Å². The van der Waals surface area contributed by atoms with Gasteiger partial charge in [0.25, 0.3) is 5.91 Å². The Morgan fingerprint density at radius 1 is 1.23 bits per heavy atom. The van der Waals surface area contributed by atoms with Crippen LogP contribution in [-0.4, -0.2) is 28.9 Å². The Hall–Kier alpha value is -1.88. The van der Waals surface area contributed by atoms with E-state index < -0.39 is 0 Å². The maximum absolute atomic E-state index is 12.4. The molecule has 0 atom stereocenters. The first-order chi connectivity index (χ1) is 10.6. The average molecular weight is 360 g/mol. The zero-order chi connectivity index (χ0) is 15.5. The van der Waals surface area contributed by atoms with Gasteiger partial charge in [0.15, 0.2) is 0 Å². The molecule has 114 valence electrons. The highest BCUT2D eigenvalue weighted by atomic mass is 79.9. The lowest BCUT2D eigenvalue weighted by Crippen LogP contribution is -2.28. The fraction of sp³-hybridized carbons (Fsp3) is 0.294. The number of aryl methyl sites for hydroxylation is 1. The Labute approximate surface area is 138 Å². The summed E-state index contributed by atoms with van der Waals surface area (Å²) >= 11 is 3.55. The molecule has 2 aromatic rings. The molecule has 0 radical (unpaired) electrons. The molecular weight excluding hydrogens is 342 g/mol. The first kappa shape index (κ1) is 15.0. The number of nitrogens with one attached hydrogen (secondary N) is 1. The quantitative estimate of drug-likeness (QED) is 0.895. The molecule has 1 fully saturated rings. The van der Waals surface area contributed by atoms with Gasteiger partial charge in [-0.3, -0.25) is 9.78 Å². The van der Waals surface area contributed by atoms with E-state index in [2.05, 4.69) is 32.3 Å². The van der Waals surface area contributed by atoms with Gasteiger partial charge in [-0.15, -0.1) is 0 Å². The average Bonchev–Trinajstić information content (AvgIpc) is 3.04. The number of carbonyl (C=O) groups excluding carboxylic acids is 1. The van der Waals surface area contributed by atoms with Gasteiger partial charge in [-0.1, -0.05) is 6.07 Å². The first-order valence-corrected chi connectivity index (χ1v) is 8.21. The number of halogens is 1. The first-order valence-electron chi connectivity index (χ1n) is 7.42. The Bertz CT molecular complexity index is 696. The van der Waals surface area contributed by atoms with E-state index in [1.54, 1.807) is 6.20 Å². The molecular formula is C17H18BrN3O. The minimum Gasteiger partial charge on any atom is -0.354 e. The Balaban J connectivity index is 1.80. The maximum atomic E-state index is 12.4. The van der Waals surface area contributed by atoms with Crippen molar-refractivity contribution in [2.45, 2.75) is 19.8 Å². The van der Waals surface area contributed by atoms with Crippen molar-refractivity contribution in [1.29, 1.82) is 0 Å². The molecule has 0 spiro atoms. The van der Waals surface area contributed by atoms with Gasteiger partial charge < -0.3 is 10.2 Å². The van der Waals surface area contributed by atoms with E-state index in [1.807, 2.05) is 36.1 Å². The van der Waals surface area contributed by atoms with E-state index in [9.17, 15) is 4.79 Å². The molecule has 1 aromatic heterocycles. The van der Waals surface area contributed by atoms with Gasteiger partial charge in [-0.05, 0) is 65.5 Å². The number of carbonyl (C=O) groups is 1. The summed E-state index contributed by atoms with van der Waals surface area (Å²) in [5.74, 6) is 0.0177. The van der Waals surface area contributed by atoms with Gasteiger partial charge in [-0.25, -0.2) is 0 Å². The molecule has 1 aliphatic heterocycles. The molecule has 4 nitrogen and oxygen atoms in total. The number of benzene rings is 1. The van der Waals surface area contributed by atoms with Crippen LogP contribution < -0.4 is 5.32 Å². The Kier molecular flexibility index (Phi) is 4.43. The second kappa shape index (κ2) is 6.48. The number of rotatable bonds is 3. The number of hydrogen-bond donors (Lipinski definition) is 1. The number of hydrogen-bond acceptors (Lipinski definition) is 3. The van der Waals surface area contributed by atoms with Crippen molar-refractivity contribution >= 4 is 33.2 Å². The molecule has 1 aromatic carbocycles. The lowest BCUT2D eigenvalue weighted by atomic mass is 10.2. The molecule has 1 aliphatic rings. The van der Waals surface area contributed by atoms with Crippen molar-refractivity contribution in [3.8, 4) is 0 Å². The molecule has 3 rings (SSSR count). The van der Waals surface area contributed by atoms with E-state index in [0.29, 0.717) is 5.69 Å². The molecule has 22 heavy (non-hydrogen) atoms. The molecule has 0 saturated carbocycles. The standard InChI is InChI=1S/C17H18BrN3O/c1-12-4-5-15(14(18)10-12)20-13-6-7-19-16(11-13)17(22)21-8-2-3-9-21/h4-7,10-11H,2-3,8-9H2,1H3,(H,19,20). The normalized spacial score (nSPS) is 14.2. The molecule has 2 heterocycles. The van der Waals surface area contributed by atoms with Crippen molar-refractivity contribution in [3.05, 3.63) is 52.3 Å². The SMILES string of the molecule is Cc1ccc(Nc2ccnc(C(=O)N3CCCC3)c2)c(Br)c1. The van der Waals surface area contributed by atoms with Crippen LogP contribution in [0.3, 0.4) is 0 Å². The van der Waals surface area contributed by atoms with E-state index in [4.69, 9.17) is 0 Å². The zero-order valence-corrected chi connectivity index (χ0v) is 14.1. The Morgan fingerprint density at radius 3 is 2.73 bits per heavy atom. The predicted molar refractivity (Wildman–Crippen MR) is 91.5 cm³/mol. The van der Waals surface area contributed by atoms with Crippen LogP contribution in [0.25, 0.3) is 0 Å². The third-order valence-electron chi connectivity index (χ3n) is 3.78. The molecule has 1 saturated heterocycles. The largest absolute Gasteiger partial charge is 0.354 e. The van der Waals surface area contributed by atoms with E-state index >= 15 is 0 Å². The summed E-state index contributed by atoms with van der Waals surface area (Å²) in [4.78, 5) is 18.5. The Morgan fingerprint density at radius 2 is 2.00 bits per heavy atom. The fourth-order valence-corrected chi connectivity index (χ4v) is 3.18. The van der Waals surface area contributed by atoms with Crippen molar-refractivity contribution in [2.24, 2.45) is 0 Å². The van der Waals surface area contributed by atoms with Crippen molar-refractivity contribution < 1.29 is 4.79 Å². The lowest BCUT2D eigenvalue weighted by Gasteiger charge is -2.15. The predicted octanol–water partition coefficient (Wildman–Crippen LogP) is 4.13. The van der Waals surface area contributed by atoms with Crippen LogP contribution in [0.4, 0.5) is 11.4 Å². The van der Waals surface area contributed by atoms with Crippen molar-refractivity contribution in [1.82, 2.24) is 9.88 Å². The molecule has 1 amide bonds. The third kappa shape index (κ3) is 3.30. The summed E-state index contributed by atoms with van der Waals surface area (Å²) in [5.41, 5.74) is 3.52. The molecule has 1 N–H and O–H groups in total. The summed E-state index contributed by atoms with van der Waals surface area (Å²) in [6, 6.07) is 9.80. The monoisotopic (exact) mass is 359 g/mol. The van der Waals surface area contributed by atoms with Gasteiger partial charge in [0.05, 0.1) is 5.69 Å². The van der Waals surface area contributed by atoms with Crippen LogP contribution in [0.5, 0.6) is 0 Å². The minimum absolute atomic E-state index is 0.0177. The molecule has 5 heteroatoms. The van der Waals surface area contributed by atoms with Crippen molar-refractivity contribution in [3.63, 3.8) is 0 Å². The van der Waals surface area contributed by atoms with E-state index in [1.165, 1.54) is 5.56 Å². The van der Waals surface area contributed by atoms with Gasteiger partial charge in [-0.2, -0.15) is 0 Å². The second-order valence-corrected chi connectivity index (χ2v) is 6.39. The lowest BCUT2D eigenvalue weighted by molar-refractivity contribution is 0.0787. The molecule has 0 aliphatic carbocycles. The smallest absolute Gasteiger partial charge is 0.272 e. The number of amides is 1.